The van der Waals surface area contributed by atoms with Crippen molar-refractivity contribution in [2.75, 3.05) is 12.8 Å². The maximum Gasteiger partial charge on any atom is 0.123 e. The van der Waals surface area contributed by atoms with Crippen LogP contribution < -0.4 is 5.73 Å². The molecule has 0 spiro atoms. The van der Waals surface area contributed by atoms with Crippen LogP contribution in [-0.4, -0.2) is 11.9 Å². The highest BCUT2D eigenvalue weighted by molar-refractivity contribution is 5.46. The molecule has 2 N–H and O–H groups in total. The van der Waals surface area contributed by atoms with Crippen LogP contribution in [0.2, 0.25) is 0 Å². The fraction of sp³-hybridized carbons (Fsp3) is 0.200. The molecule has 0 aliphatic rings. The number of benzene rings is 2. The first-order valence-corrected chi connectivity index (χ1v) is 5.91. The van der Waals surface area contributed by atoms with Crippen molar-refractivity contribution in [2.45, 2.75) is 13.1 Å². The molecule has 2 aromatic carbocycles. The molecular weight excluding hydrogens is 227 g/mol. The first-order valence-electron chi connectivity index (χ1n) is 5.91. The van der Waals surface area contributed by atoms with Crippen molar-refractivity contribution in [2.24, 2.45) is 0 Å². The summed E-state index contributed by atoms with van der Waals surface area (Å²) in [5.74, 6) is -0.200. The monoisotopic (exact) mass is 244 g/mol. The molecule has 18 heavy (non-hydrogen) atoms. The molecule has 0 fully saturated rings. The van der Waals surface area contributed by atoms with Crippen LogP contribution in [-0.2, 0) is 13.1 Å². The van der Waals surface area contributed by atoms with Crippen LogP contribution in [0.3, 0.4) is 0 Å². The van der Waals surface area contributed by atoms with E-state index >= 15 is 0 Å². The normalized spacial score (nSPS) is 10.8. The van der Waals surface area contributed by atoms with Crippen LogP contribution in [0.5, 0.6) is 0 Å². The number of nitrogen functional groups attached to an aromatic ring is 1. The van der Waals surface area contributed by atoms with E-state index in [-0.39, 0.29) is 5.82 Å². The fourth-order valence-electron chi connectivity index (χ4n) is 1.93. The molecule has 0 aromatic heterocycles. The summed E-state index contributed by atoms with van der Waals surface area (Å²) in [7, 11) is 2.02. The Kier molecular flexibility index (Phi) is 3.95. The highest BCUT2D eigenvalue weighted by Gasteiger charge is 2.04. The van der Waals surface area contributed by atoms with Gasteiger partial charge in [-0.3, -0.25) is 4.90 Å². The molecule has 0 heterocycles. The number of nitrogens with two attached hydrogens (primary N) is 1. The van der Waals surface area contributed by atoms with Crippen molar-refractivity contribution in [3.8, 4) is 0 Å². The Morgan fingerprint density at radius 1 is 1.00 bits per heavy atom. The van der Waals surface area contributed by atoms with E-state index in [9.17, 15) is 4.39 Å². The number of para-hydroxylation sites is 1. The van der Waals surface area contributed by atoms with Gasteiger partial charge in [0, 0.05) is 18.8 Å². The SMILES string of the molecule is CN(Cc1ccc(F)cc1)Cc1ccccc1N. The lowest BCUT2D eigenvalue weighted by Gasteiger charge is -2.17. The Morgan fingerprint density at radius 3 is 2.33 bits per heavy atom. The molecule has 0 saturated carbocycles. The summed E-state index contributed by atoms with van der Waals surface area (Å²) < 4.78 is 12.8. The van der Waals surface area contributed by atoms with Crippen LogP contribution in [0, 0.1) is 5.82 Å². The number of anilines is 1. The van der Waals surface area contributed by atoms with Gasteiger partial charge in [0.2, 0.25) is 0 Å². The third-order valence-corrected chi connectivity index (χ3v) is 2.86. The fourth-order valence-corrected chi connectivity index (χ4v) is 1.93. The predicted octanol–water partition coefficient (Wildman–Crippen LogP) is 3.04. The number of halogens is 1. The molecule has 0 aliphatic carbocycles. The molecule has 0 saturated heterocycles. The van der Waals surface area contributed by atoms with E-state index in [0.717, 1.165) is 29.9 Å². The Bertz CT molecular complexity index is 508. The van der Waals surface area contributed by atoms with Gasteiger partial charge in [0.25, 0.3) is 0 Å². The second-order valence-electron chi connectivity index (χ2n) is 4.50. The lowest BCUT2D eigenvalue weighted by molar-refractivity contribution is 0.319. The third-order valence-electron chi connectivity index (χ3n) is 2.86. The zero-order valence-electron chi connectivity index (χ0n) is 10.4. The highest BCUT2D eigenvalue weighted by Crippen LogP contribution is 2.14. The van der Waals surface area contributed by atoms with Gasteiger partial charge >= 0.3 is 0 Å². The second-order valence-corrected chi connectivity index (χ2v) is 4.50. The van der Waals surface area contributed by atoms with Gasteiger partial charge in [-0.1, -0.05) is 30.3 Å². The predicted molar refractivity (Wildman–Crippen MR) is 72.4 cm³/mol. The summed E-state index contributed by atoms with van der Waals surface area (Å²) in [6.45, 7) is 1.55. The molecule has 2 rings (SSSR count). The lowest BCUT2D eigenvalue weighted by atomic mass is 10.1. The average molecular weight is 244 g/mol. The van der Waals surface area contributed by atoms with Crippen molar-refractivity contribution in [1.29, 1.82) is 0 Å². The van der Waals surface area contributed by atoms with Gasteiger partial charge in [-0.2, -0.15) is 0 Å². The Balaban J connectivity index is 1.99. The molecule has 2 nitrogen and oxygen atoms in total. The van der Waals surface area contributed by atoms with Gasteiger partial charge in [-0.15, -0.1) is 0 Å². The highest BCUT2D eigenvalue weighted by atomic mass is 19.1. The van der Waals surface area contributed by atoms with Crippen LogP contribution in [0.25, 0.3) is 0 Å². The van der Waals surface area contributed by atoms with Gasteiger partial charge < -0.3 is 5.73 Å². The summed E-state index contributed by atoms with van der Waals surface area (Å²) in [6.07, 6.45) is 0. The molecule has 2 aromatic rings. The van der Waals surface area contributed by atoms with E-state index in [1.165, 1.54) is 12.1 Å². The smallest absolute Gasteiger partial charge is 0.123 e. The molecule has 0 amide bonds. The van der Waals surface area contributed by atoms with Crippen molar-refractivity contribution >= 4 is 5.69 Å². The van der Waals surface area contributed by atoms with E-state index < -0.39 is 0 Å². The molecule has 0 atom stereocenters. The molecule has 0 unspecified atom stereocenters. The maximum atomic E-state index is 12.8. The summed E-state index contributed by atoms with van der Waals surface area (Å²) >= 11 is 0. The largest absolute Gasteiger partial charge is 0.398 e. The zero-order valence-corrected chi connectivity index (χ0v) is 10.4. The van der Waals surface area contributed by atoms with Gasteiger partial charge in [0.1, 0.15) is 5.82 Å². The molecule has 3 heteroatoms. The maximum absolute atomic E-state index is 12.8. The number of rotatable bonds is 4. The van der Waals surface area contributed by atoms with Crippen LogP contribution in [0.1, 0.15) is 11.1 Å². The Morgan fingerprint density at radius 2 is 1.67 bits per heavy atom. The minimum atomic E-state index is -0.200. The summed E-state index contributed by atoms with van der Waals surface area (Å²) in [6, 6.07) is 14.4. The average Bonchev–Trinajstić information content (AvgIpc) is 2.35. The molecule has 94 valence electrons. The third kappa shape index (κ3) is 3.31. The van der Waals surface area contributed by atoms with E-state index in [1.807, 2.05) is 31.3 Å². The van der Waals surface area contributed by atoms with E-state index in [0.29, 0.717) is 0 Å². The van der Waals surface area contributed by atoms with Crippen molar-refractivity contribution in [1.82, 2.24) is 4.90 Å². The van der Waals surface area contributed by atoms with Crippen molar-refractivity contribution in [3.63, 3.8) is 0 Å². The molecule has 0 bridgehead atoms. The van der Waals surface area contributed by atoms with Gasteiger partial charge in [-0.05, 0) is 36.4 Å². The van der Waals surface area contributed by atoms with E-state index in [4.69, 9.17) is 5.73 Å². The first-order chi connectivity index (χ1) is 8.65. The van der Waals surface area contributed by atoms with E-state index in [2.05, 4.69) is 4.90 Å². The summed E-state index contributed by atoms with van der Waals surface area (Å²) in [4.78, 5) is 2.15. The second kappa shape index (κ2) is 5.65. The lowest BCUT2D eigenvalue weighted by Crippen LogP contribution is -2.18. The minimum absolute atomic E-state index is 0.200. The van der Waals surface area contributed by atoms with Gasteiger partial charge in [0.05, 0.1) is 0 Å². The zero-order chi connectivity index (χ0) is 13.0. The standard InChI is InChI=1S/C15H17FN2/c1-18(10-12-6-8-14(16)9-7-12)11-13-4-2-3-5-15(13)17/h2-9H,10-11,17H2,1H3. The number of hydrogen-bond donors (Lipinski definition) is 1. The summed E-state index contributed by atoms with van der Waals surface area (Å²) in [5.41, 5.74) is 8.92. The Labute approximate surface area is 107 Å². The van der Waals surface area contributed by atoms with E-state index in [1.54, 1.807) is 12.1 Å². The van der Waals surface area contributed by atoms with Gasteiger partial charge in [0.15, 0.2) is 0 Å². The quantitative estimate of drug-likeness (QED) is 0.838. The van der Waals surface area contributed by atoms with Gasteiger partial charge in [-0.25, -0.2) is 4.39 Å². The summed E-state index contributed by atoms with van der Waals surface area (Å²) in [5, 5.41) is 0. The number of nitrogens with zero attached hydrogens (tertiary/aromatic N) is 1. The Hall–Kier alpha value is -1.87. The van der Waals surface area contributed by atoms with Crippen molar-refractivity contribution in [3.05, 3.63) is 65.5 Å². The van der Waals surface area contributed by atoms with Crippen LogP contribution >= 0.6 is 0 Å². The van der Waals surface area contributed by atoms with Crippen LogP contribution in [0.4, 0.5) is 10.1 Å². The topological polar surface area (TPSA) is 29.3 Å². The van der Waals surface area contributed by atoms with Crippen molar-refractivity contribution < 1.29 is 4.39 Å². The molecular formula is C15H17FN2. The van der Waals surface area contributed by atoms with Crippen LogP contribution in [0.15, 0.2) is 48.5 Å². The number of hydrogen-bond acceptors (Lipinski definition) is 2. The molecule has 0 aliphatic heterocycles. The first kappa shape index (κ1) is 12.6. The molecule has 0 radical (unpaired) electrons. The minimum Gasteiger partial charge on any atom is -0.398 e.